The van der Waals surface area contributed by atoms with Crippen molar-refractivity contribution < 1.29 is 14.3 Å². The van der Waals surface area contributed by atoms with E-state index in [1.165, 1.54) is 0 Å². The molecule has 6 nitrogen and oxygen atoms in total. The molecule has 0 aliphatic rings. The summed E-state index contributed by atoms with van der Waals surface area (Å²) in [5, 5.41) is 2.85. The first-order chi connectivity index (χ1) is 13.1. The summed E-state index contributed by atoms with van der Waals surface area (Å²) in [5.41, 5.74) is 7.85. The Labute approximate surface area is 160 Å². The molecule has 2 aromatic rings. The zero-order valence-electron chi connectivity index (χ0n) is 15.7. The zero-order valence-corrected chi connectivity index (χ0v) is 15.7. The van der Waals surface area contributed by atoms with Gasteiger partial charge in [0, 0.05) is 20.1 Å². The topological polar surface area (TPSA) is 86.5 Å². The molecule has 0 bridgehead atoms. The Balaban J connectivity index is 1.89. The number of hydrogen-bond donors (Lipinski definition) is 2. The number of hydrogen-bond acceptors (Lipinski definition) is 5. The van der Waals surface area contributed by atoms with E-state index >= 15 is 0 Å². The Bertz CT molecular complexity index is 825. The Kier molecular flexibility index (Phi) is 8.14. The quantitative estimate of drug-likeness (QED) is 0.526. The van der Waals surface area contributed by atoms with E-state index in [-0.39, 0.29) is 11.7 Å². The molecule has 1 amide bonds. The third kappa shape index (κ3) is 6.65. The molecule has 6 heteroatoms. The van der Waals surface area contributed by atoms with E-state index in [2.05, 4.69) is 22.1 Å². The van der Waals surface area contributed by atoms with Crippen LogP contribution in [-0.2, 0) is 17.9 Å². The maximum atomic E-state index is 12.4. The molecular formula is C21H25N3O3. The lowest BCUT2D eigenvalue weighted by atomic mass is 10.2. The molecule has 0 radical (unpaired) electrons. The number of nitrogen functional groups attached to an aromatic ring is 1. The molecule has 0 spiro atoms. The third-order valence-electron chi connectivity index (χ3n) is 3.76. The Morgan fingerprint density at radius 3 is 2.89 bits per heavy atom. The number of aromatic nitrogens is 1. The summed E-state index contributed by atoms with van der Waals surface area (Å²) in [6.45, 7) is 3.16. The monoisotopic (exact) mass is 367 g/mol. The lowest BCUT2D eigenvalue weighted by molar-refractivity contribution is 0.0951. The van der Waals surface area contributed by atoms with Gasteiger partial charge < -0.3 is 20.5 Å². The van der Waals surface area contributed by atoms with Crippen LogP contribution in [0.3, 0.4) is 0 Å². The second-order valence-electron chi connectivity index (χ2n) is 5.88. The summed E-state index contributed by atoms with van der Waals surface area (Å²) in [5.74, 6) is 6.57. The predicted molar refractivity (Wildman–Crippen MR) is 105 cm³/mol. The van der Waals surface area contributed by atoms with Gasteiger partial charge in [0.15, 0.2) is 0 Å². The van der Waals surface area contributed by atoms with Crippen LogP contribution in [0.25, 0.3) is 0 Å². The molecule has 2 rings (SSSR count). The van der Waals surface area contributed by atoms with E-state index in [1.807, 2.05) is 31.2 Å². The molecule has 0 unspecified atom stereocenters. The number of methoxy groups -OCH3 is 1. The van der Waals surface area contributed by atoms with Crippen LogP contribution in [0, 0.1) is 11.8 Å². The number of carbonyl (C=O) groups is 1. The average molecular weight is 367 g/mol. The normalized spacial score (nSPS) is 10.0. The van der Waals surface area contributed by atoms with E-state index in [0.717, 1.165) is 24.2 Å². The fourth-order valence-corrected chi connectivity index (χ4v) is 2.44. The van der Waals surface area contributed by atoms with E-state index < -0.39 is 0 Å². The highest BCUT2D eigenvalue weighted by atomic mass is 16.5. The van der Waals surface area contributed by atoms with Gasteiger partial charge in [-0.15, -0.1) is 11.8 Å². The molecule has 0 atom stereocenters. The SMILES string of the molecule is CC#CCCCOc1cccc(CNC(=O)c2ccc(COC)nc2N)c1. The molecule has 1 aromatic heterocycles. The predicted octanol–water partition coefficient (Wildman–Crippen LogP) is 2.92. The van der Waals surface area contributed by atoms with Gasteiger partial charge in [-0.05, 0) is 43.2 Å². The summed E-state index contributed by atoms with van der Waals surface area (Å²) in [4.78, 5) is 16.5. The Morgan fingerprint density at radius 2 is 2.15 bits per heavy atom. The van der Waals surface area contributed by atoms with E-state index in [4.69, 9.17) is 15.2 Å². The highest BCUT2D eigenvalue weighted by molar-refractivity contribution is 5.98. The Hall–Kier alpha value is -3.04. The first-order valence-corrected chi connectivity index (χ1v) is 8.78. The first kappa shape index (κ1) is 20.3. The van der Waals surface area contributed by atoms with Gasteiger partial charge in [-0.3, -0.25) is 4.79 Å². The van der Waals surface area contributed by atoms with Crippen molar-refractivity contribution in [2.24, 2.45) is 0 Å². The highest BCUT2D eigenvalue weighted by Crippen LogP contribution is 2.15. The van der Waals surface area contributed by atoms with E-state index in [1.54, 1.807) is 19.2 Å². The molecule has 27 heavy (non-hydrogen) atoms. The fraction of sp³-hybridized carbons (Fsp3) is 0.333. The molecule has 1 heterocycles. The zero-order chi connectivity index (χ0) is 19.5. The van der Waals surface area contributed by atoms with Crippen molar-refractivity contribution in [1.29, 1.82) is 0 Å². The number of carbonyl (C=O) groups excluding carboxylic acids is 1. The number of nitrogens with two attached hydrogens (primary N) is 1. The van der Waals surface area contributed by atoms with Gasteiger partial charge in [0.25, 0.3) is 5.91 Å². The summed E-state index contributed by atoms with van der Waals surface area (Å²) in [6, 6.07) is 11.0. The van der Waals surface area contributed by atoms with Crippen LogP contribution in [0.5, 0.6) is 5.75 Å². The molecule has 142 valence electrons. The first-order valence-electron chi connectivity index (χ1n) is 8.78. The Morgan fingerprint density at radius 1 is 1.30 bits per heavy atom. The minimum atomic E-state index is -0.270. The van der Waals surface area contributed by atoms with Gasteiger partial charge in [-0.2, -0.15) is 0 Å². The van der Waals surface area contributed by atoms with Gasteiger partial charge in [0.05, 0.1) is 24.5 Å². The third-order valence-corrected chi connectivity index (χ3v) is 3.76. The second kappa shape index (κ2) is 10.8. The number of benzene rings is 1. The van der Waals surface area contributed by atoms with Crippen LogP contribution in [0.15, 0.2) is 36.4 Å². The van der Waals surface area contributed by atoms with Crippen molar-refractivity contribution in [3.63, 3.8) is 0 Å². The van der Waals surface area contributed by atoms with Crippen molar-refractivity contribution in [1.82, 2.24) is 10.3 Å². The van der Waals surface area contributed by atoms with Crippen LogP contribution in [0.4, 0.5) is 5.82 Å². The van der Waals surface area contributed by atoms with Gasteiger partial charge in [0.2, 0.25) is 0 Å². The second-order valence-corrected chi connectivity index (χ2v) is 5.88. The molecule has 0 saturated heterocycles. The van der Waals surface area contributed by atoms with Crippen molar-refractivity contribution in [2.75, 3.05) is 19.5 Å². The number of amides is 1. The van der Waals surface area contributed by atoms with Crippen molar-refractivity contribution in [3.8, 4) is 17.6 Å². The van der Waals surface area contributed by atoms with Gasteiger partial charge in [-0.25, -0.2) is 4.98 Å². The number of ether oxygens (including phenoxy) is 2. The molecule has 3 N–H and O–H groups in total. The molecule has 1 aromatic carbocycles. The van der Waals surface area contributed by atoms with Crippen molar-refractivity contribution in [3.05, 3.63) is 53.2 Å². The molecular weight excluding hydrogens is 342 g/mol. The van der Waals surface area contributed by atoms with Crippen molar-refractivity contribution in [2.45, 2.75) is 32.9 Å². The van der Waals surface area contributed by atoms with Crippen LogP contribution < -0.4 is 15.8 Å². The number of anilines is 1. The standard InChI is InChI=1S/C21H25N3O3/c1-3-4-5-6-12-27-18-9-7-8-16(13-18)14-23-21(25)19-11-10-17(15-26-2)24-20(19)22/h7-11,13H,5-6,12,14-15H2,1-2H3,(H2,22,24)(H,23,25). The lowest BCUT2D eigenvalue weighted by Crippen LogP contribution is -2.24. The average Bonchev–Trinajstić information content (AvgIpc) is 2.67. The van der Waals surface area contributed by atoms with Crippen LogP contribution in [-0.4, -0.2) is 24.6 Å². The summed E-state index contributed by atoms with van der Waals surface area (Å²) >= 11 is 0. The summed E-state index contributed by atoms with van der Waals surface area (Å²) < 4.78 is 10.7. The number of nitrogens with one attached hydrogen (secondary N) is 1. The van der Waals surface area contributed by atoms with E-state index in [9.17, 15) is 4.79 Å². The summed E-state index contributed by atoms with van der Waals surface area (Å²) in [7, 11) is 1.58. The number of pyridine rings is 1. The summed E-state index contributed by atoms with van der Waals surface area (Å²) in [6.07, 6.45) is 1.71. The minimum absolute atomic E-state index is 0.189. The number of nitrogens with zero attached hydrogens (tertiary/aromatic N) is 1. The van der Waals surface area contributed by atoms with Crippen LogP contribution >= 0.6 is 0 Å². The minimum Gasteiger partial charge on any atom is -0.494 e. The molecule has 0 saturated carbocycles. The highest BCUT2D eigenvalue weighted by Gasteiger charge is 2.11. The molecule has 0 fully saturated rings. The fourth-order valence-electron chi connectivity index (χ4n) is 2.44. The number of unbranched alkanes of at least 4 members (excludes halogenated alkanes) is 1. The van der Waals surface area contributed by atoms with E-state index in [0.29, 0.717) is 31.0 Å². The maximum Gasteiger partial charge on any atom is 0.255 e. The lowest BCUT2D eigenvalue weighted by Gasteiger charge is -2.10. The van der Waals surface area contributed by atoms with Crippen molar-refractivity contribution >= 4 is 11.7 Å². The van der Waals surface area contributed by atoms with Gasteiger partial charge in [0.1, 0.15) is 11.6 Å². The van der Waals surface area contributed by atoms with Crippen LogP contribution in [0.1, 0.15) is 41.4 Å². The number of rotatable bonds is 9. The van der Waals surface area contributed by atoms with Gasteiger partial charge in [-0.1, -0.05) is 12.1 Å². The molecule has 0 aliphatic carbocycles. The largest absolute Gasteiger partial charge is 0.494 e. The maximum absolute atomic E-state index is 12.4. The van der Waals surface area contributed by atoms with Crippen LogP contribution in [0.2, 0.25) is 0 Å². The molecule has 0 aliphatic heterocycles. The van der Waals surface area contributed by atoms with Gasteiger partial charge >= 0.3 is 0 Å². The smallest absolute Gasteiger partial charge is 0.255 e.